The molecule has 0 aliphatic rings. The van der Waals surface area contributed by atoms with Crippen molar-refractivity contribution < 1.29 is 65.4 Å². The van der Waals surface area contributed by atoms with Crippen LogP contribution in [0.5, 0.6) is 0 Å². The molecule has 0 N–H and O–H groups in total. The predicted octanol–water partition coefficient (Wildman–Crippen LogP) is -2.51. The third-order valence-electron chi connectivity index (χ3n) is 0.502. The van der Waals surface area contributed by atoms with Crippen molar-refractivity contribution in [3.05, 3.63) is 0 Å². The zero-order chi connectivity index (χ0) is 6.62. The fourth-order valence-electron chi connectivity index (χ4n) is 0.235. The molecule has 0 bridgehead atoms. The average molecular weight is 178 g/mol. The molecule has 5 heteroatoms. The molecule has 3 nitrogen and oxygen atoms in total. The topological polar surface area (TPSA) is 43.4 Å². The van der Waals surface area contributed by atoms with E-state index in [2.05, 4.69) is 4.18 Å². The molecule has 9 heavy (non-hydrogen) atoms. The first kappa shape index (κ1) is 13.2. The monoisotopic (exact) mass is 178 g/mol. The van der Waals surface area contributed by atoms with Gasteiger partial charge in [0, 0.05) is 0 Å². The van der Waals surface area contributed by atoms with Gasteiger partial charge in [-0.3, -0.25) is 4.18 Å². The number of rotatable bonds is 3. The Balaban J connectivity index is -0.000000245. The van der Waals surface area contributed by atoms with E-state index >= 15 is 0 Å². The summed E-state index contributed by atoms with van der Waals surface area (Å²) in [5, 5.41) is 0. The molecule has 0 aliphatic carbocycles. The molecule has 0 spiro atoms. The van der Waals surface area contributed by atoms with E-state index in [0.29, 0.717) is 6.61 Å². The van der Waals surface area contributed by atoms with Gasteiger partial charge in [-0.25, -0.2) is 0 Å². The molecule has 0 aromatic carbocycles. The van der Waals surface area contributed by atoms with E-state index in [9.17, 15) is 8.42 Å². The summed E-state index contributed by atoms with van der Waals surface area (Å²) >= 11 is 0. The van der Waals surface area contributed by atoms with Crippen LogP contribution in [-0.2, 0) is 14.3 Å². The van der Waals surface area contributed by atoms with Gasteiger partial charge in [-0.05, 0) is 6.42 Å². The maximum atomic E-state index is 10.2. The van der Waals surface area contributed by atoms with Crippen molar-refractivity contribution in [2.24, 2.45) is 0 Å². The fraction of sp³-hybridized carbons (Fsp3) is 1.00. The van der Waals surface area contributed by atoms with Gasteiger partial charge in [-0.1, -0.05) is 6.92 Å². The van der Waals surface area contributed by atoms with E-state index in [1.807, 2.05) is 6.92 Å². The summed E-state index contributed by atoms with van der Waals surface area (Å²) in [6.07, 6.45) is 1.77. The molecule has 0 rings (SSSR count). The quantitative estimate of drug-likeness (QED) is 0.354. The molecule has 0 amide bonds. The molecule has 0 saturated carbocycles. The first-order valence-corrected chi connectivity index (χ1v) is 4.22. The summed E-state index contributed by atoms with van der Waals surface area (Å²) in [6.45, 7) is 2.14. The van der Waals surface area contributed by atoms with Crippen LogP contribution >= 0.6 is 0 Å². The molecule has 52 valence electrons. The normalized spacial score (nSPS) is 10.4. The number of hydrogen-bond acceptors (Lipinski definition) is 3. The first-order chi connectivity index (χ1) is 3.56. The summed E-state index contributed by atoms with van der Waals surface area (Å²) in [5.41, 5.74) is 0. The Bertz CT molecular complexity index is 145. The van der Waals surface area contributed by atoms with E-state index in [1.165, 1.54) is 0 Å². The summed E-state index contributed by atoms with van der Waals surface area (Å²) in [7, 11) is -3.19. The van der Waals surface area contributed by atoms with Crippen LogP contribution in [-0.4, -0.2) is 21.3 Å². The zero-order valence-corrected chi connectivity index (χ0v) is 9.99. The molecule has 0 heterocycles. The summed E-state index contributed by atoms with van der Waals surface area (Å²) in [5.74, 6) is 0. The minimum atomic E-state index is -3.19. The first-order valence-electron chi connectivity index (χ1n) is 2.40. The average Bonchev–Trinajstić information content (AvgIpc) is 1.59. The van der Waals surface area contributed by atoms with Gasteiger partial charge in [0.15, 0.2) is 0 Å². The van der Waals surface area contributed by atoms with Crippen LogP contribution in [0.15, 0.2) is 0 Å². The van der Waals surface area contributed by atoms with E-state index < -0.39 is 10.1 Å². The maximum Gasteiger partial charge on any atom is 1.00 e. The van der Waals surface area contributed by atoms with Gasteiger partial charge in [0.1, 0.15) is 0 Å². The van der Waals surface area contributed by atoms with Crippen molar-refractivity contribution in [2.45, 2.75) is 13.3 Å². The van der Waals surface area contributed by atoms with Crippen LogP contribution in [0.2, 0.25) is 0 Å². The van der Waals surface area contributed by atoms with E-state index in [4.69, 9.17) is 0 Å². The molecule has 0 aromatic heterocycles. The van der Waals surface area contributed by atoms with Crippen molar-refractivity contribution >= 4 is 10.1 Å². The smallest absolute Gasteiger partial charge is 1.00 e. The standard InChI is InChI=1S/C4H10O3S.K.H/c1-3-4-7-8(2,5)6;;/h3-4H2,1-2H3;;/q;+1;-1. The van der Waals surface area contributed by atoms with Crippen LogP contribution in [0.25, 0.3) is 0 Å². The van der Waals surface area contributed by atoms with Crippen molar-refractivity contribution in [3.63, 3.8) is 0 Å². The minimum absolute atomic E-state index is 0. The van der Waals surface area contributed by atoms with Gasteiger partial charge in [0.25, 0.3) is 10.1 Å². The molecule has 0 unspecified atom stereocenters. The molecule has 0 aromatic rings. The molecular formula is C4H11KO3S. The van der Waals surface area contributed by atoms with Crippen LogP contribution in [0.1, 0.15) is 14.8 Å². The van der Waals surface area contributed by atoms with Crippen LogP contribution in [0.3, 0.4) is 0 Å². The van der Waals surface area contributed by atoms with E-state index in [1.54, 1.807) is 0 Å². The van der Waals surface area contributed by atoms with Gasteiger partial charge < -0.3 is 1.43 Å². The Labute approximate surface area is 100 Å². The second-order valence-electron chi connectivity index (χ2n) is 1.53. The predicted molar refractivity (Wildman–Crippen MR) is 32.2 cm³/mol. The third kappa shape index (κ3) is 12.7. The third-order valence-corrected chi connectivity index (χ3v) is 1.10. The van der Waals surface area contributed by atoms with Gasteiger partial charge >= 0.3 is 51.4 Å². The Morgan fingerprint density at radius 2 is 2.00 bits per heavy atom. The van der Waals surface area contributed by atoms with Crippen molar-refractivity contribution in [3.8, 4) is 0 Å². The summed E-state index contributed by atoms with van der Waals surface area (Å²) < 4.78 is 24.7. The summed E-state index contributed by atoms with van der Waals surface area (Å²) in [4.78, 5) is 0. The van der Waals surface area contributed by atoms with Crippen molar-refractivity contribution in [2.75, 3.05) is 12.9 Å². The molecule has 0 atom stereocenters. The van der Waals surface area contributed by atoms with E-state index in [0.717, 1.165) is 12.7 Å². The number of hydrogen-bond donors (Lipinski definition) is 0. The molecular weight excluding hydrogens is 167 g/mol. The Morgan fingerprint density at radius 1 is 1.56 bits per heavy atom. The Morgan fingerprint density at radius 3 is 2.11 bits per heavy atom. The zero-order valence-electron chi connectivity index (χ0n) is 7.05. The molecule has 0 fully saturated rings. The fourth-order valence-corrected chi connectivity index (χ4v) is 0.704. The second-order valence-corrected chi connectivity index (χ2v) is 3.17. The van der Waals surface area contributed by atoms with Crippen LogP contribution < -0.4 is 51.4 Å². The molecule has 0 aliphatic heterocycles. The largest absolute Gasteiger partial charge is 1.00 e. The van der Waals surface area contributed by atoms with Gasteiger partial charge in [-0.15, -0.1) is 0 Å². The maximum absolute atomic E-state index is 10.2. The second kappa shape index (κ2) is 6.27. The Kier molecular flexibility index (Phi) is 9.17. The van der Waals surface area contributed by atoms with Crippen molar-refractivity contribution in [1.29, 1.82) is 0 Å². The van der Waals surface area contributed by atoms with Gasteiger partial charge in [0.2, 0.25) is 0 Å². The SMILES string of the molecule is CCCOS(C)(=O)=O.[H-].[K+]. The molecule has 0 radical (unpaired) electrons. The Hall–Kier alpha value is 1.55. The van der Waals surface area contributed by atoms with Crippen molar-refractivity contribution in [1.82, 2.24) is 0 Å². The van der Waals surface area contributed by atoms with Crippen LogP contribution in [0.4, 0.5) is 0 Å². The minimum Gasteiger partial charge on any atom is -1.00 e. The van der Waals surface area contributed by atoms with Crippen LogP contribution in [0, 0.1) is 0 Å². The van der Waals surface area contributed by atoms with E-state index in [-0.39, 0.29) is 52.8 Å². The van der Waals surface area contributed by atoms with Gasteiger partial charge in [-0.2, -0.15) is 8.42 Å². The molecule has 0 saturated heterocycles. The summed E-state index contributed by atoms with van der Waals surface area (Å²) in [6, 6.07) is 0. The van der Waals surface area contributed by atoms with Gasteiger partial charge in [0.05, 0.1) is 12.9 Å².